The lowest BCUT2D eigenvalue weighted by Gasteiger charge is -2.12. The standard InChI is InChI=1S/C22H22N2O2S/c1-15-6-5-7-16(2)22(15)24-20(25)13-23-21(26)14-27-19-11-10-17-8-3-4-9-18(17)12-19/h3-12H,13-14H2,1-2H3,(H,23,26)(H,24,25). The minimum Gasteiger partial charge on any atom is -0.346 e. The Morgan fingerprint density at radius 1 is 0.852 bits per heavy atom. The van der Waals surface area contributed by atoms with Crippen LogP contribution in [0.3, 0.4) is 0 Å². The Bertz CT molecular complexity index is 965. The van der Waals surface area contributed by atoms with Crippen LogP contribution in [0.1, 0.15) is 11.1 Å². The molecule has 3 rings (SSSR count). The van der Waals surface area contributed by atoms with Gasteiger partial charge in [0, 0.05) is 10.6 Å². The number of nitrogens with one attached hydrogen (secondary N) is 2. The van der Waals surface area contributed by atoms with Gasteiger partial charge in [-0.3, -0.25) is 9.59 Å². The normalized spacial score (nSPS) is 10.6. The highest BCUT2D eigenvalue weighted by molar-refractivity contribution is 8.00. The molecule has 0 saturated carbocycles. The lowest BCUT2D eigenvalue weighted by Crippen LogP contribution is -2.34. The zero-order valence-electron chi connectivity index (χ0n) is 15.4. The molecule has 0 unspecified atom stereocenters. The highest BCUT2D eigenvalue weighted by atomic mass is 32.2. The van der Waals surface area contributed by atoms with Crippen molar-refractivity contribution in [2.75, 3.05) is 17.6 Å². The molecule has 2 amide bonds. The molecule has 0 aliphatic carbocycles. The summed E-state index contributed by atoms with van der Waals surface area (Å²) in [5, 5.41) is 7.87. The predicted octanol–water partition coefficient (Wildman–Crippen LogP) is 4.30. The number of benzene rings is 3. The number of amides is 2. The van der Waals surface area contributed by atoms with Gasteiger partial charge < -0.3 is 10.6 Å². The van der Waals surface area contributed by atoms with Crippen molar-refractivity contribution in [1.82, 2.24) is 5.32 Å². The van der Waals surface area contributed by atoms with Gasteiger partial charge in [0.1, 0.15) is 0 Å². The van der Waals surface area contributed by atoms with E-state index in [2.05, 4.69) is 28.8 Å². The first kappa shape index (κ1) is 19.0. The van der Waals surface area contributed by atoms with Gasteiger partial charge in [-0.15, -0.1) is 11.8 Å². The lowest BCUT2D eigenvalue weighted by molar-refractivity contribution is -0.122. The van der Waals surface area contributed by atoms with Crippen LogP contribution in [-0.4, -0.2) is 24.1 Å². The van der Waals surface area contributed by atoms with E-state index in [-0.39, 0.29) is 24.1 Å². The van der Waals surface area contributed by atoms with Gasteiger partial charge in [0.05, 0.1) is 12.3 Å². The number of hydrogen-bond acceptors (Lipinski definition) is 3. The van der Waals surface area contributed by atoms with Gasteiger partial charge in [-0.1, -0.05) is 48.5 Å². The van der Waals surface area contributed by atoms with E-state index >= 15 is 0 Å². The predicted molar refractivity (Wildman–Crippen MR) is 112 cm³/mol. The molecule has 27 heavy (non-hydrogen) atoms. The van der Waals surface area contributed by atoms with Crippen LogP contribution < -0.4 is 10.6 Å². The maximum absolute atomic E-state index is 12.1. The molecule has 0 bridgehead atoms. The largest absolute Gasteiger partial charge is 0.346 e. The molecule has 4 nitrogen and oxygen atoms in total. The Morgan fingerprint density at radius 2 is 1.56 bits per heavy atom. The highest BCUT2D eigenvalue weighted by Crippen LogP contribution is 2.23. The van der Waals surface area contributed by atoms with Crippen molar-refractivity contribution in [2.24, 2.45) is 0 Å². The Kier molecular flexibility index (Phi) is 6.14. The molecule has 0 aliphatic rings. The second-order valence-electron chi connectivity index (χ2n) is 6.39. The number of thioether (sulfide) groups is 1. The number of aryl methyl sites for hydroxylation is 2. The number of fused-ring (bicyclic) bond motifs is 1. The number of rotatable bonds is 6. The summed E-state index contributed by atoms with van der Waals surface area (Å²) in [6.07, 6.45) is 0. The van der Waals surface area contributed by atoms with Gasteiger partial charge in [-0.2, -0.15) is 0 Å². The fourth-order valence-electron chi connectivity index (χ4n) is 2.83. The Balaban J connectivity index is 1.48. The number of carbonyl (C=O) groups excluding carboxylic acids is 2. The summed E-state index contributed by atoms with van der Waals surface area (Å²) in [4.78, 5) is 25.2. The second kappa shape index (κ2) is 8.73. The van der Waals surface area contributed by atoms with Crippen LogP contribution in [0.5, 0.6) is 0 Å². The van der Waals surface area contributed by atoms with Crippen molar-refractivity contribution in [3.63, 3.8) is 0 Å². The van der Waals surface area contributed by atoms with Crippen molar-refractivity contribution in [1.29, 1.82) is 0 Å². The molecule has 5 heteroatoms. The lowest BCUT2D eigenvalue weighted by atomic mass is 10.1. The van der Waals surface area contributed by atoms with Crippen LogP contribution in [0, 0.1) is 13.8 Å². The first-order chi connectivity index (χ1) is 13.0. The van der Waals surface area contributed by atoms with E-state index in [1.54, 1.807) is 0 Å². The quantitative estimate of drug-likeness (QED) is 0.629. The van der Waals surface area contributed by atoms with Gasteiger partial charge in [-0.25, -0.2) is 0 Å². The van der Waals surface area contributed by atoms with E-state index in [0.29, 0.717) is 0 Å². The number of anilines is 1. The van der Waals surface area contributed by atoms with Crippen molar-refractivity contribution in [2.45, 2.75) is 18.7 Å². The third kappa shape index (κ3) is 5.11. The van der Waals surface area contributed by atoms with Gasteiger partial charge in [0.15, 0.2) is 0 Å². The highest BCUT2D eigenvalue weighted by Gasteiger charge is 2.09. The smallest absolute Gasteiger partial charge is 0.243 e. The SMILES string of the molecule is Cc1cccc(C)c1NC(=O)CNC(=O)CSc1ccc2ccccc2c1. The summed E-state index contributed by atoms with van der Waals surface area (Å²) in [6, 6.07) is 20.1. The van der Waals surface area contributed by atoms with Gasteiger partial charge in [0.25, 0.3) is 0 Å². The van der Waals surface area contributed by atoms with E-state index < -0.39 is 0 Å². The molecule has 0 aromatic heterocycles. The zero-order valence-corrected chi connectivity index (χ0v) is 16.2. The van der Waals surface area contributed by atoms with Crippen LogP contribution in [-0.2, 0) is 9.59 Å². The molecule has 138 valence electrons. The van der Waals surface area contributed by atoms with Crippen LogP contribution in [0.4, 0.5) is 5.69 Å². The van der Waals surface area contributed by atoms with Crippen molar-refractivity contribution < 1.29 is 9.59 Å². The van der Waals surface area contributed by atoms with E-state index in [1.807, 2.05) is 56.3 Å². The summed E-state index contributed by atoms with van der Waals surface area (Å²) < 4.78 is 0. The van der Waals surface area contributed by atoms with Crippen molar-refractivity contribution in [3.8, 4) is 0 Å². The minimum absolute atomic E-state index is 0.0368. The fraction of sp³-hybridized carbons (Fsp3) is 0.182. The average molecular weight is 378 g/mol. The van der Waals surface area contributed by atoms with E-state index in [0.717, 1.165) is 27.1 Å². The molecule has 0 heterocycles. The van der Waals surface area contributed by atoms with Gasteiger partial charge >= 0.3 is 0 Å². The molecule has 0 radical (unpaired) electrons. The second-order valence-corrected chi connectivity index (χ2v) is 7.44. The topological polar surface area (TPSA) is 58.2 Å². The van der Waals surface area contributed by atoms with E-state index in [4.69, 9.17) is 0 Å². The first-order valence-electron chi connectivity index (χ1n) is 8.77. The Hall–Kier alpha value is -2.79. The molecule has 0 atom stereocenters. The fourth-order valence-corrected chi connectivity index (χ4v) is 3.61. The Morgan fingerprint density at radius 3 is 2.30 bits per heavy atom. The number of carbonyl (C=O) groups is 2. The van der Waals surface area contributed by atoms with Crippen LogP contribution in [0.25, 0.3) is 10.8 Å². The minimum atomic E-state index is -0.226. The van der Waals surface area contributed by atoms with E-state index in [9.17, 15) is 9.59 Å². The number of para-hydroxylation sites is 1. The summed E-state index contributed by atoms with van der Waals surface area (Å²) in [5.41, 5.74) is 2.81. The summed E-state index contributed by atoms with van der Waals surface area (Å²) in [5.74, 6) is -0.115. The third-order valence-corrected chi connectivity index (χ3v) is 5.28. The third-order valence-electron chi connectivity index (χ3n) is 4.28. The van der Waals surface area contributed by atoms with Crippen LogP contribution >= 0.6 is 11.8 Å². The van der Waals surface area contributed by atoms with E-state index in [1.165, 1.54) is 17.1 Å². The molecule has 3 aromatic rings. The van der Waals surface area contributed by atoms with Gasteiger partial charge in [-0.05, 0) is 47.9 Å². The maximum atomic E-state index is 12.1. The molecular weight excluding hydrogens is 356 g/mol. The first-order valence-corrected chi connectivity index (χ1v) is 9.76. The Labute approximate surface area is 163 Å². The molecule has 0 fully saturated rings. The molecule has 0 spiro atoms. The van der Waals surface area contributed by atoms with Crippen LogP contribution in [0.2, 0.25) is 0 Å². The molecule has 0 aliphatic heterocycles. The molecular formula is C22H22N2O2S. The monoisotopic (exact) mass is 378 g/mol. The molecule has 2 N–H and O–H groups in total. The number of hydrogen-bond donors (Lipinski definition) is 2. The molecule has 0 saturated heterocycles. The zero-order chi connectivity index (χ0) is 19.2. The van der Waals surface area contributed by atoms with Crippen molar-refractivity contribution in [3.05, 3.63) is 71.8 Å². The molecule has 3 aromatic carbocycles. The van der Waals surface area contributed by atoms with Gasteiger partial charge in [0.2, 0.25) is 11.8 Å². The maximum Gasteiger partial charge on any atom is 0.243 e. The average Bonchev–Trinajstić information content (AvgIpc) is 2.67. The summed E-state index contributed by atoms with van der Waals surface area (Å²) in [7, 11) is 0. The summed E-state index contributed by atoms with van der Waals surface area (Å²) >= 11 is 1.46. The van der Waals surface area contributed by atoms with Crippen molar-refractivity contribution >= 4 is 40.0 Å². The van der Waals surface area contributed by atoms with Crippen LogP contribution in [0.15, 0.2) is 65.6 Å². The summed E-state index contributed by atoms with van der Waals surface area (Å²) in [6.45, 7) is 3.85.